The first-order valence-corrected chi connectivity index (χ1v) is 6.08. The van der Waals surface area contributed by atoms with Crippen LogP contribution in [-0.4, -0.2) is 23.9 Å². The summed E-state index contributed by atoms with van der Waals surface area (Å²) in [5, 5.41) is 9.89. The fourth-order valence-corrected chi connectivity index (χ4v) is 1.45. The number of carbonyl (C=O) groups is 1. The van der Waals surface area contributed by atoms with Crippen LogP contribution in [-0.2, 0) is 9.63 Å². The molecule has 1 aromatic carbocycles. The Bertz CT molecular complexity index is 602. The maximum Gasteiger partial charge on any atom is 0.266 e. The minimum atomic E-state index is -0.348. The summed E-state index contributed by atoms with van der Waals surface area (Å²) in [4.78, 5) is 16.4. The van der Waals surface area contributed by atoms with E-state index in [1.54, 1.807) is 19.2 Å². The SMILES string of the molecule is Cc1ccc(/C=N\OCC(=O)Nc2cc(C)on2)cc1. The molecule has 0 atom stereocenters. The lowest BCUT2D eigenvalue weighted by atomic mass is 10.2. The van der Waals surface area contributed by atoms with Crippen molar-refractivity contribution in [1.29, 1.82) is 0 Å². The quantitative estimate of drug-likeness (QED) is 0.669. The molecule has 0 spiro atoms. The van der Waals surface area contributed by atoms with E-state index in [4.69, 9.17) is 9.36 Å². The highest BCUT2D eigenvalue weighted by molar-refractivity contribution is 5.90. The minimum Gasteiger partial charge on any atom is -0.386 e. The van der Waals surface area contributed by atoms with Gasteiger partial charge in [-0.2, -0.15) is 0 Å². The number of carbonyl (C=O) groups excluding carboxylic acids is 1. The number of hydrogen-bond donors (Lipinski definition) is 1. The van der Waals surface area contributed by atoms with Gasteiger partial charge in [0.25, 0.3) is 5.91 Å². The first kappa shape index (κ1) is 13.8. The molecule has 1 N–H and O–H groups in total. The Balaban J connectivity index is 1.75. The second-order valence-corrected chi connectivity index (χ2v) is 4.29. The number of anilines is 1. The number of nitrogens with one attached hydrogen (secondary N) is 1. The van der Waals surface area contributed by atoms with E-state index in [1.807, 2.05) is 31.2 Å². The number of amides is 1. The minimum absolute atomic E-state index is 0.186. The van der Waals surface area contributed by atoms with Crippen molar-refractivity contribution in [2.24, 2.45) is 5.16 Å². The smallest absolute Gasteiger partial charge is 0.266 e. The van der Waals surface area contributed by atoms with E-state index >= 15 is 0 Å². The summed E-state index contributed by atoms with van der Waals surface area (Å²) >= 11 is 0. The van der Waals surface area contributed by atoms with Gasteiger partial charge in [-0.05, 0) is 19.4 Å². The summed E-state index contributed by atoms with van der Waals surface area (Å²) in [6.07, 6.45) is 1.55. The van der Waals surface area contributed by atoms with Crippen molar-refractivity contribution >= 4 is 17.9 Å². The molecule has 0 aliphatic rings. The third kappa shape index (κ3) is 4.24. The summed E-state index contributed by atoms with van der Waals surface area (Å²) in [7, 11) is 0. The molecule has 0 radical (unpaired) electrons. The first-order chi connectivity index (χ1) is 9.63. The molecular formula is C14H15N3O3. The Hall–Kier alpha value is -2.63. The number of aromatic nitrogens is 1. The summed E-state index contributed by atoms with van der Waals surface area (Å²) in [6, 6.07) is 9.40. The van der Waals surface area contributed by atoms with Crippen LogP contribution in [0.15, 0.2) is 40.0 Å². The number of oxime groups is 1. The van der Waals surface area contributed by atoms with Crippen LogP contribution in [0.1, 0.15) is 16.9 Å². The molecule has 0 bridgehead atoms. The third-order valence-electron chi connectivity index (χ3n) is 2.44. The van der Waals surface area contributed by atoms with E-state index in [9.17, 15) is 4.79 Å². The molecule has 0 aliphatic carbocycles. The number of hydrogen-bond acceptors (Lipinski definition) is 5. The van der Waals surface area contributed by atoms with Crippen molar-refractivity contribution in [3.05, 3.63) is 47.2 Å². The summed E-state index contributed by atoms with van der Waals surface area (Å²) in [6.45, 7) is 3.56. The molecule has 1 amide bonds. The molecule has 0 saturated carbocycles. The molecule has 104 valence electrons. The van der Waals surface area contributed by atoms with Crippen molar-refractivity contribution in [3.63, 3.8) is 0 Å². The second-order valence-electron chi connectivity index (χ2n) is 4.29. The molecule has 2 rings (SSSR count). The van der Waals surface area contributed by atoms with Gasteiger partial charge in [0.1, 0.15) is 5.76 Å². The zero-order valence-electron chi connectivity index (χ0n) is 11.3. The maximum atomic E-state index is 11.5. The molecule has 0 aliphatic heterocycles. The number of rotatable bonds is 5. The van der Waals surface area contributed by atoms with Crippen LogP contribution in [0, 0.1) is 13.8 Å². The number of benzene rings is 1. The van der Waals surface area contributed by atoms with Crippen molar-refractivity contribution in [2.75, 3.05) is 11.9 Å². The zero-order valence-corrected chi connectivity index (χ0v) is 11.3. The van der Waals surface area contributed by atoms with Gasteiger partial charge in [-0.25, -0.2) is 0 Å². The van der Waals surface area contributed by atoms with Crippen molar-refractivity contribution in [2.45, 2.75) is 13.8 Å². The highest BCUT2D eigenvalue weighted by atomic mass is 16.6. The van der Waals surface area contributed by atoms with Crippen LogP contribution in [0.2, 0.25) is 0 Å². The predicted octanol–water partition coefficient (Wildman–Crippen LogP) is 2.28. The summed E-state index contributed by atoms with van der Waals surface area (Å²) in [5.74, 6) is 0.636. The van der Waals surface area contributed by atoms with Gasteiger partial charge in [-0.1, -0.05) is 40.1 Å². The maximum absolute atomic E-state index is 11.5. The van der Waals surface area contributed by atoms with Crippen LogP contribution in [0.4, 0.5) is 5.82 Å². The lowest BCUT2D eigenvalue weighted by molar-refractivity contribution is -0.120. The molecule has 6 nitrogen and oxygen atoms in total. The lowest BCUT2D eigenvalue weighted by Gasteiger charge is -1.99. The molecule has 1 aromatic heterocycles. The van der Waals surface area contributed by atoms with Crippen LogP contribution < -0.4 is 5.32 Å². The fraction of sp³-hybridized carbons (Fsp3) is 0.214. The molecule has 20 heavy (non-hydrogen) atoms. The molecule has 6 heteroatoms. The van der Waals surface area contributed by atoms with Gasteiger partial charge >= 0.3 is 0 Å². The van der Waals surface area contributed by atoms with Gasteiger partial charge in [0, 0.05) is 6.07 Å². The van der Waals surface area contributed by atoms with E-state index < -0.39 is 0 Å². The highest BCUT2D eigenvalue weighted by Crippen LogP contribution is 2.06. The predicted molar refractivity (Wildman–Crippen MR) is 74.6 cm³/mol. The first-order valence-electron chi connectivity index (χ1n) is 6.08. The average molecular weight is 273 g/mol. The van der Waals surface area contributed by atoms with Crippen LogP contribution in [0.25, 0.3) is 0 Å². The van der Waals surface area contributed by atoms with Crippen molar-refractivity contribution in [1.82, 2.24) is 5.16 Å². The van der Waals surface area contributed by atoms with Gasteiger partial charge in [0.15, 0.2) is 12.4 Å². The van der Waals surface area contributed by atoms with Gasteiger partial charge in [0.2, 0.25) is 0 Å². The standard InChI is InChI=1S/C14H15N3O3/c1-10-3-5-12(6-4-10)8-15-19-9-14(18)16-13-7-11(2)20-17-13/h3-8H,9H2,1-2H3,(H,16,17,18)/b15-8-. The van der Waals surface area contributed by atoms with E-state index in [0.717, 1.165) is 5.56 Å². The number of nitrogens with zero attached hydrogens (tertiary/aromatic N) is 2. The molecule has 0 unspecified atom stereocenters. The average Bonchev–Trinajstić information content (AvgIpc) is 2.82. The normalized spacial score (nSPS) is 10.7. The van der Waals surface area contributed by atoms with Gasteiger partial charge in [-0.3, -0.25) is 4.79 Å². The molecule has 2 aromatic rings. The Morgan fingerprint density at radius 3 is 2.80 bits per heavy atom. The van der Waals surface area contributed by atoms with Crippen molar-refractivity contribution < 1.29 is 14.2 Å². The van der Waals surface area contributed by atoms with E-state index in [1.165, 1.54) is 5.56 Å². The molecule has 1 heterocycles. The van der Waals surface area contributed by atoms with E-state index in [0.29, 0.717) is 11.6 Å². The van der Waals surface area contributed by atoms with Crippen LogP contribution >= 0.6 is 0 Å². The third-order valence-corrected chi connectivity index (χ3v) is 2.44. The molecule has 0 saturated heterocycles. The summed E-state index contributed by atoms with van der Waals surface area (Å²) in [5.41, 5.74) is 2.08. The fourth-order valence-electron chi connectivity index (χ4n) is 1.45. The number of aryl methyl sites for hydroxylation is 2. The van der Waals surface area contributed by atoms with Gasteiger partial charge < -0.3 is 14.7 Å². The van der Waals surface area contributed by atoms with E-state index in [-0.39, 0.29) is 12.5 Å². The Labute approximate surface area is 116 Å². The lowest BCUT2D eigenvalue weighted by Crippen LogP contribution is -2.17. The largest absolute Gasteiger partial charge is 0.386 e. The van der Waals surface area contributed by atoms with Crippen molar-refractivity contribution in [3.8, 4) is 0 Å². The highest BCUT2D eigenvalue weighted by Gasteiger charge is 2.05. The monoisotopic (exact) mass is 273 g/mol. The van der Waals surface area contributed by atoms with Crippen LogP contribution in [0.3, 0.4) is 0 Å². The molecule has 0 fully saturated rings. The van der Waals surface area contributed by atoms with Gasteiger partial charge in [0.05, 0.1) is 6.21 Å². The Morgan fingerprint density at radius 2 is 2.15 bits per heavy atom. The van der Waals surface area contributed by atoms with Gasteiger partial charge in [-0.15, -0.1) is 0 Å². The van der Waals surface area contributed by atoms with Crippen LogP contribution in [0.5, 0.6) is 0 Å². The second kappa shape index (κ2) is 6.51. The zero-order chi connectivity index (χ0) is 14.4. The topological polar surface area (TPSA) is 76.7 Å². The van der Waals surface area contributed by atoms with E-state index in [2.05, 4.69) is 15.6 Å². The summed E-state index contributed by atoms with van der Waals surface area (Å²) < 4.78 is 4.82. The molecular weight excluding hydrogens is 258 g/mol. The Kier molecular flexibility index (Phi) is 4.49. The Morgan fingerprint density at radius 1 is 1.40 bits per heavy atom.